The molecule has 2 rings (SSSR count). The van der Waals surface area contributed by atoms with Crippen LogP contribution in [0.4, 0.5) is 0 Å². The van der Waals surface area contributed by atoms with E-state index in [2.05, 4.69) is 0 Å². The number of carbonyl (C=O) groups is 2. The molecule has 0 saturated heterocycles. The van der Waals surface area contributed by atoms with E-state index >= 15 is 0 Å². The number of amides is 1. The molecular weight excluding hydrogens is 254 g/mol. The van der Waals surface area contributed by atoms with Gasteiger partial charge in [0, 0.05) is 12.7 Å². The van der Waals surface area contributed by atoms with Crippen molar-refractivity contribution in [3.8, 4) is 0 Å². The molecule has 0 atom stereocenters. The number of methoxy groups -OCH3 is 1. The van der Waals surface area contributed by atoms with Crippen LogP contribution in [0.2, 0.25) is 0 Å². The third-order valence-electron chi connectivity index (χ3n) is 3.41. The summed E-state index contributed by atoms with van der Waals surface area (Å²) >= 11 is 0. The summed E-state index contributed by atoms with van der Waals surface area (Å²) in [5.74, 6) is -0.677. The monoisotopic (exact) mass is 271 g/mol. The van der Waals surface area contributed by atoms with Crippen molar-refractivity contribution < 1.29 is 14.3 Å². The summed E-state index contributed by atoms with van der Waals surface area (Å²) < 4.78 is 4.78. The summed E-state index contributed by atoms with van der Waals surface area (Å²) in [6.07, 6.45) is 1.73. The molecule has 1 aliphatic heterocycles. The van der Waals surface area contributed by atoms with E-state index < -0.39 is 5.97 Å². The summed E-state index contributed by atoms with van der Waals surface area (Å²) in [6, 6.07) is 7.75. The molecule has 0 spiro atoms. The van der Waals surface area contributed by atoms with Crippen LogP contribution in [-0.4, -0.2) is 30.9 Å². The molecule has 0 aliphatic carbocycles. The van der Waals surface area contributed by atoms with Crippen LogP contribution in [0.5, 0.6) is 0 Å². The number of esters is 1. The Morgan fingerprint density at radius 3 is 2.60 bits per heavy atom. The van der Waals surface area contributed by atoms with E-state index in [-0.39, 0.29) is 5.91 Å². The van der Waals surface area contributed by atoms with Crippen LogP contribution in [0.1, 0.15) is 18.1 Å². The zero-order chi connectivity index (χ0) is 14.9. The van der Waals surface area contributed by atoms with Crippen molar-refractivity contribution >= 4 is 18.0 Å². The number of rotatable bonds is 2. The van der Waals surface area contributed by atoms with Gasteiger partial charge in [-0.2, -0.15) is 0 Å². The predicted molar refractivity (Wildman–Crippen MR) is 76.6 cm³/mol. The standard InChI is InChI=1S/C16H17NO3/c1-10-6-5-7-12(8-10)9-13-14(16(19)20-4)11(2)17(3)15(13)18/h5-9H,1-4H3/b13-9-. The van der Waals surface area contributed by atoms with E-state index in [9.17, 15) is 9.59 Å². The SMILES string of the molecule is COC(=O)C1=C(C)N(C)C(=O)/C1=C\c1cccc(C)c1. The highest BCUT2D eigenvalue weighted by atomic mass is 16.5. The molecule has 104 valence electrons. The van der Waals surface area contributed by atoms with E-state index in [1.165, 1.54) is 12.0 Å². The van der Waals surface area contributed by atoms with Gasteiger partial charge in [0.15, 0.2) is 0 Å². The van der Waals surface area contributed by atoms with Gasteiger partial charge in [0.05, 0.1) is 18.3 Å². The number of hydrogen-bond donors (Lipinski definition) is 0. The van der Waals surface area contributed by atoms with Crippen LogP contribution in [-0.2, 0) is 14.3 Å². The first-order valence-corrected chi connectivity index (χ1v) is 6.31. The molecule has 0 aromatic heterocycles. The third kappa shape index (κ3) is 2.37. The molecule has 0 bridgehead atoms. The Hall–Kier alpha value is -2.36. The molecule has 1 aliphatic rings. The lowest BCUT2D eigenvalue weighted by Crippen LogP contribution is -2.19. The molecule has 4 nitrogen and oxygen atoms in total. The van der Waals surface area contributed by atoms with Crippen molar-refractivity contribution in [3.05, 3.63) is 52.2 Å². The second-order valence-corrected chi connectivity index (χ2v) is 4.79. The molecule has 0 saturated carbocycles. The molecule has 1 aromatic rings. The number of likely N-dealkylation sites (N-methyl/N-ethyl adjacent to an activating group) is 1. The number of nitrogens with zero attached hydrogens (tertiary/aromatic N) is 1. The molecule has 1 amide bonds. The molecule has 20 heavy (non-hydrogen) atoms. The van der Waals surface area contributed by atoms with Gasteiger partial charge in [0.1, 0.15) is 0 Å². The molecule has 0 fully saturated rings. The molecule has 0 unspecified atom stereocenters. The van der Waals surface area contributed by atoms with Crippen LogP contribution in [0.3, 0.4) is 0 Å². The zero-order valence-electron chi connectivity index (χ0n) is 12.1. The van der Waals surface area contributed by atoms with E-state index in [0.717, 1.165) is 11.1 Å². The summed E-state index contributed by atoms with van der Waals surface area (Å²) in [6.45, 7) is 3.72. The Balaban J connectivity index is 2.53. The maximum absolute atomic E-state index is 12.2. The average molecular weight is 271 g/mol. The van der Waals surface area contributed by atoms with Crippen molar-refractivity contribution in [1.82, 2.24) is 4.90 Å². The maximum Gasteiger partial charge on any atom is 0.340 e. The van der Waals surface area contributed by atoms with Gasteiger partial charge in [0.25, 0.3) is 5.91 Å². The fourth-order valence-corrected chi connectivity index (χ4v) is 2.22. The highest BCUT2D eigenvalue weighted by Gasteiger charge is 2.34. The third-order valence-corrected chi connectivity index (χ3v) is 3.41. The summed E-state index contributed by atoms with van der Waals surface area (Å²) in [5.41, 5.74) is 3.31. The van der Waals surface area contributed by atoms with Gasteiger partial charge in [-0.05, 0) is 25.5 Å². The van der Waals surface area contributed by atoms with Gasteiger partial charge < -0.3 is 9.64 Å². The zero-order valence-corrected chi connectivity index (χ0v) is 12.1. The lowest BCUT2D eigenvalue weighted by molar-refractivity contribution is -0.136. The highest BCUT2D eigenvalue weighted by molar-refractivity contribution is 6.16. The lowest BCUT2D eigenvalue weighted by atomic mass is 10.0. The van der Waals surface area contributed by atoms with Crippen LogP contribution in [0.15, 0.2) is 41.1 Å². The van der Waals surface area contributed by atoms with E-state index in [0.29, 0.717) is 16.8 Å². The Morgan fingerprint density at radius 2 is 2.00 bits per heavy atom. The Bertz CT molecular complexity index is 641. The lowest BCUT2D eigenvalue weighted by Gasteiger charge is -2.08. The summed E-state index contributed by atoms with van der Waals surface area (Å²) in [4.78, 5) is 25.6. The maximum atomic E-state index is 12.2. The molecule has 1 aromatic carbocycles. The first-order chi connectivity index (χ1) is 9.45. The van der Waals surface area contributed by atoms with Crippen molar-refractivity contribution in [2.45, 2.75) is 13.8 Å². The second kappa shape index (κ2) is 5.33. The van der Waals surface area contributed by atoms with Crippen LogP contribution >= 0.6 is 0 Å². The second-order valence-electron chi connectivity index (χ2n) is 4.79. The summed E-state index contributed by atoms with van der Waals surface area (Å²) in [5, 5.41) is 0. The number of hydrogen-bond acceptors (Lipinski definition) is 3. The Labute approximate surface area is 118 Å². The van der Waals surface area contributed by atoms with E-state index in [4.69, 9.17) is 4.74 Å². The number of carbonyl (C=O) groups excluding carboxylic acids is 2. The largest absolute Gasteiger partial charge is 0.465 e. The fraction of sp³-hybridized carbons (Fsp3) is 0.250. The number of ether oxygens (including phenoxy) is 1. The van der Waals surface area contributed by atoms with Crippen molar-refractivity contribution in [2.24, 2.45) is 0 Å². The molecule has 0 radical (unpaired) electrons. The normalized spacial score (nSPS) is 17.1. The Kier molecular flexibility index (Phi) is 3.74. The minimum absolute atomic E-state index is 0.190. The molecular formula is C16H17NO3. The van der Waals surface area contributed by atoms with E-state index in [1.807, 2.05) is 31.2 Å². The number of allylic oxidation sites excluding steroid dienone is 1. The Morgan fingerprint density at radius 1 is 1.30 bits per heavy atom. The summed E-state index contributed by atoms with van der Waals surface area (Å²) in [7, 11) is 2.97. The first-order valence-electron chi connectivity index (χ1n) is 6.31. The topological polar surface area (TPSA) is 46.6 Å². The van der Waals surface area contributed by atoms with Crippen molar-refractivity contribution in [2.75, 3.05) is 14.2 Å². The van der Waals surface area contributed by atoms with Crippen LogP contribution in [0, 0.1) is 6.92 Å². The van der Waals surface area contributed by atoms with Gasteiger partial charge in [-0.25, -0.2) is 4.79 Å². The van der Waals surface area contributed by atoms with Gasteiger partial charge >= 0.3 is 5.97 Å². The quantitative estimate of drug-likeness (QED) is 0.612. The minimum atomic E-state index is -0.487. The van der Waals surface area contributed by atoms with Gasteiger partial charge in [-0.3, -0.25) is 4.79 Å². The first kappa shape index (κ1) is 14.1. The highest BCUT2D eigenvalue weighted by Crippen LogP contribution is 2.30. The predicted octanol–water partition coefficient (Wildman–Crippen LogP) is 2.30. The number of benzene rings is 1. The van der Waals surface area contributed by atoms with Crippen molar-refractivity contribution in [3.63, 3.8) is 0 Å². The van der Waals surface area contributed by atoms with Crippen molar-refractivity contribution in [1.29, 1.82) is 0 Å². The minimum Gasteiger partial charge on any atom is -0.465 e. The van der Waals surface area contributed by atoms with Gasteiger partial charge in [0.2, 0.25) is 0 Å². The van der Waals surface area contributed by atoms with Gasteiger partial charge in [-0.1, -0.05) is 29.8 Å². The van der Waals surface area contributed by atoms with Crippen LogP contribution < -0.4 is 0 Å². The fourth-order valence-electron chi connectivity index (χ4n) is 2.22. The van der Waals surface area contributed by atoms with Crippen LogP contribution in [0.25, 0.3) is 6.08 Å². The molecule has 0 N–H and O–H groups in total. The smallest absolute Gasteiger partial charge is 0.340 e. The van der Waals surface area contributed by atoms with Gasteiger partial charge in [-0.15, -0.1) is 0 Å². The number of aryl methyl sites for hydroxylation is 1. The molecule has 1 heterocycles. The van der Waals surface area contributed by atoms with E-state index in [1.54, 1.807) is 20.0 Å². The molecule has 4 heteroatoms. The average Bonchev–Trinajstić information content (AvgIpc) is 2.63.